The maximum atomic E-state index is 12.2. The first-order chi connectivity index (χ1) is 11.0. The highest BCUT2D eigenvalue weighted by molar-refractivity contribution is 7.94. The lowest BCUT2D eigenvalue weighted by atomic mass is 10.2. The van der Waals surface area contributed by atoms with Crippen LogP contribution < -0.4 is 15.4 Å². The Kier molecular flexibility index (Phi) is 8.20. The number of hydrogen-bond donors (Lipinski definition) is 3. The van der Waals surface area contributed by atoms with Crippen LogP contribution in [0, 0.1) is 0 Å². The third kappa shape index (κ3) is 5.79. The fourth-order valence-electron chi connectivity index (χ4n) is 1.91. The highest BCUT2D eigenvalue weighted by Gasteiger charge is 2.15. The Bertz CT molecular complexity index is 749. The molecule has 3 N–H and O–H groups in total. The third-order valence-electron chi connectivity index (χ3n) is 3.03. The number of sulfonamides is 1. The van der Waals surface area contributed by atoms with Gasteiger partial charge in [0, 0.05) is 17.8 Å². The standard InChI is InChI=1S/C15H19N3O3S2.ClH/c1-16-8-4-9-17-15(19)12-5-2-6-13(11-12)18-23(20,21)14-7-3-10-22-14;/h2-3,5-7,10-11,16,18H,4,8-9H2,1H3,(H,17,19);1H. The Morgan fingerprint density at radius 2 is 1.96 bits per heavy atom. The molecule has 0 spiro atoms. The van der Waals surface area contributed by atoms with Crippen molar-refractivity contribution in [2.45, 2.75) is 10.6 Å². The average molecular weight is 390 g/mol. The first-order valence-corrected chi connectivity index (χ1v) is 9.48. The van der Waals surface area contributed by atoms with E-state index in [0.717, 1.165) is 24.3 Å². The molecule has 2 rings (SSSR count). The Hall–Kier alpha value is -1.61. The number of hydrogen-bond acceptors (Lipinski definition) is 5. The summed E-state index contributed by atoms with van der Waals surface area (Å²) >= 11 is 1.14. The molecule has 9 heteroatoms. The van der Waals surface area contributed by atoms with Gasteiger partial charge in [0.2, 0.25) is 0 Å². The highest BCUT2D eigenvalue weighted by Crippen LogP contribution is 2.20. The summed E-state index contributed by atoms with van der Waals surface area (Å²) in [5.74, 6) is -0.224. The lowest BCUT2D eigenvalue weighted by molar-refractivity contribution is 0.0953. The topological polar surface area (TPSA) is 87.3 Å². The van der Waals surface area contributed by atoms with Crippen molar-refractivity contribution in [3.05, 3.63) is 47.3 Å². The van der Waals surface area contributed by atoms with E-state index in [1.807, 2.05) is 7.05 Å². The molecule has 0 aliphatic heterocycles. The molecule has 0 radical (unpaired) electrons. The number of benzene rings is 1. The van der Waals surface area contributed by atoms with Gasteiger partial charge in [-0.25, -0.2) is 8.42 Å². The normalized spacial score (nSPS) is 10.7. The van der Waals surface area contributed by atoms with Gasteiger partial charge in [-0.05, 0) is 49.7 Å². The maximum Gasteiger partial charge on any atom is 0.271 e. The highest BCUT2D eigenvalue weighted by atomic mass is 35.5. The molecule has 1 aromatic heterocycles. The van der Waals surface area contributed by atoms with Crippen LogP contribution in [0.25, 0.3) is 0 Å². The van der Waals surface area contributed by atoms with Gasteiger partial charge in [-0.1, -0.05) is 12.1 Å². The largest absolute Gasteiger partial charge is 0.352 e. The summed E-state index contributed by atoms with van der Waals surface area (Å²) in [7, 11) is -1.76. The van der Waals surface area contributed by atoms with E-state index < -0.39 is 10.0 Å². The SMILES string of the molecule is CNCCCNC(=O)c1cccc(NS(=O)(=O)c2cccs2)c1.Cl. The lowest BCUT2D eigenvalue weighted by Crippen LogP contribution is -2.26. The van der Waals surface area contributed by atoms with Crippen LogP contribution in [0.15, 0.2) is 46.0 Å². The van der Waals surface area contributed by atoms with Crippen molar-refractivity contribution >= 4 is 45.4 Å². The van der Waals surface area contributed by atoms with Crippen molar-refractivity contribution in [2.24, 2.45) is 0 Å². The first-order valence-electron chi connectivity index (χ1n) is 7.12. The molecule has 6 nitrogen and oxygen atoms in total. The Morgan fingerprint density at radius 3 is 2.62 bits per heavy atom. The van der Waals surface area contributed by atoms with Crippen LogP contribution in [-0.4, -0.2) is 34.5 Å². The van der Waals surface area contributed by atoms with E-state index in [1.165, 1.54) is 12.1 Å². The molecule has 0 unspecified atom stereocenters. The number of halogens is 1. The fraction of sp³-hybridized carbons (Fsp3) is 0.267. The summed E-state index contributed by atoms with van der Waals surface area (Å²) in [6.45, 7) is 1.38. The zero-order chi connectivity index (χ0) is 16.7. The summed E-state index contributed by atoms with van der Waals surface area (Å²) < 4.78 is 27.1. The van der Waals surface area contributed by atoms with Gasteiger partial charge in [0.1, 0.15) is 4.21 Å². The Morgan fingerprint density at radius 1 is 1.17 bits per heavy atom. The molecule has 0 saturated carbocycles. The van der Waals surface area contributed by atoms with Gasteiger partial charge in [0.15, 0.2) is 0 Å². The van der Waals surface area contributed by atoms with Crippen molar-refractivity contribution < 1.29 is 13.2 Å². The second-order valence-electron chi connectivity index (χ2n) is 4.83. The average Bonchev–Trinajstić information content (AvgIpc) is 3.06. The van der Waals surface area contributed by atoms with Gasteiger partial charge in [0.25, 0.3) is 15.9 Å². The molecule has 0 aliphatic carbocycles. The molecule has 0 atom stereocenters. The van der Waals surface area contributed by atoms with Crippen LogP contribution >= 0.6 is 23.7 Å². The van der Waals surface area contributed by atoms with Crippen LogP contribution in [-0.2, 0) is 10.0 Å². The molecule has 24 heavy (non-hydrogen) atoms. The van der Waals surface area contributed by atoms with Crippen LogP contribution in [0.3, 0.4) is 0 Å². The summed E-state index contributed by atoms with van der Waals surface area (Å²) in [4.78, 5) is 12.0. The number of nitrogens with one attached hydrogen (secondary N) is 3. The fourth-order valence-corrected chi connectivity index (χ4v) is 3.96. The van der Waals surface area contributed by atoms with Crippen molar-refractivity contribution in [2.75, 3.05) is 24.9 Å². The van der Waals surface area contributed by atoms with Crippen LogP contribution in [0.5, 0.6) is 0 Å². The maximum absolute atomic E-state index is 12.2. The van der Waals surface area contributed by atoms with Crippen molar-refractivity contribution in [3.8, 4) is 0 Å². The molecular formula is C15H20ClN3O3S2. The summed E-state index contributed by atoms with van der Waals surface area (Å²) in [5, 5.41) is 7.50. The predicted molar refractivity (Wildman–Crippen MR) is 99.7 cm³/mol. The number of rotatable bonds is 8. The molecule has 132 valence electrons. The van der Waals surface area contributed by atoms with E-state index in [1.54, 1.807) is 29.6 Å². The van der Waals surface area contributed by atoms with Crippen LogP contribution in [0.4, 0.5) is 5.69 Å². The molecule has 2 aromatic rings. The van der Waals surface area contributed by atoms with E-state index in [-0.39, 0.29) is 22.5 Å². The number of carbonyl (C=O) groups excluding carboxylic acids is 1. The number of thiophene rings is 1. The summed E-state index contributed by atoms with van der Waals surface area (Å²) in [5.41, 5.74) is 0.780. The Balaban J connectivity index is 0.00000288. The third-order valence-corrected chi connectivity index (χ3v) is 5.80. The van der Waals surface area contributed by atoms with Gasteiger partial charge in [-0.15, -0.1) is 23.7 Å². The van der Waals surface area contributed by atoms with Gasteiger partial charge in [-0.3, -0.25) is 9.52 Å². The molecule has 1 aromatic carbocycles. The zero-order valence-electron chi connectivity index (χ0n) is 13.1. The van der Waals surface area contributed by atoms with E-state index in [9.17, 15) is 13.2 Å². The second kappa shape index (κ2) is 9.63. The van der Waals surface area contributed by atoms with E-state index in [0.29, 0.717) is 17.8 Å². The van der Waals surface area contributed by atoms with Gasteiger partial charge in [0.05, 0.1) is 0 Å². The van der Waals surface area contributed by atoms with Crippen molar-refractivity contribution in [3.63, 3.8) is 0 Å². The minimum Gasteiger partial charge on any atom is -0.352 e. The first kappa shape index (κ1) is 20.4. The number of anilines is 1. The van der Waals surface area contributed by atoms with E-state index >= 15 is 0 Å². The molecule has 0 fully saturated rings. The van der Waals surface area contributed by atoms with E-state index in [2.05, 4.69) is 15.4 Å². The van der Waals surface area contributed by atoms with Gasteiger partial charge in [-0.2, -0.15) is 0 Å². The minimum atomic E-state index is -3.61. The predicted octanol–water partition coefficient (Wildman–Crippen LogP) is 2.31. The minimum absolute atomic E-state index is 0. The van der Waals surface area contributed by atoms with Crippen molar-refractivity contribution in [1.29, 1.82) is 0 Å². The second-order valence-corrected chi connectivity index (χ2v) is 7.69. The smallest absolute Gasteiger partial charge is 0.271 e. The quantitative estimate of drug-likeness (QED) is 0.604. The monoisotopic (exact) mass is 389 g/mol. The molecule has 1 heterocycles. The van der Waals surface area contributed by atoms with E-state index in [4.69, 9.17) is 0 Å². The van der Waals surface area contributed by atoms with Gasteiger partial charge >= 0.3 is 0 Å². The van der Waals surface area contributed by atoms with Gasteiger partial charge < -0.3 is 10.6 Å². The molecule has 0 bridgehead atoms. The van der Waals surface area contributed by atoms with Crippen molar-refractivity contribution in [1.82, 2.24) is 10.6 Å². The summed E-state index contributed by atoms with van der Waals surface area (Å²) in [6.07, 6.45) is 0.826. The summed E-state index contributed by atoms with van der Waals surface area (Å²) in [6, 6.07) is 9.65. The lowest BCUT2D eigenvalue weighted by Gasteiger charge is -2.09. The van der Waals surface area contributed by atoms with Crippen LogP contribution in [0.2, 0.25) is 0 Å². The number of amides is 1. The Labute approximate surface area is 152 Å². The molecular weight excluding hydrogens is 370 g/mol. The zero-order valence-corrected chi connectivity index (χ0v) is 15.6. The molecule has 0 aliphatic rings. The number of carbonyl (C=O) groups is 1. The molecule has 0 saturated heterocycles. The molecule has 1 amide bonds. The van der Waals surface area contributed by atoms with Crippen LogP contribution in [0.1, 0.15) is 16.8 Å².